The average Bonchev–Trinajstić information content (AvgIpc) is 2.77. The monoisotopic (exact) mass is 508 g/mol. The maximum Gasteiger partial charge on any atom is 0.184 e. The minimum Gasteiger partial charge on any atom is -0.409 e. The summed E-state index contributed by atoms with van der Waals surface area (Å²) in [7, 11) is -3.38. The molecule has 0 saturated carbocycles. The molecule has 0 fully saturated rings. The summed E-state index contributed by atoms with van der Waals surface area (Å²) in [5, 5.41) is 0.180. The summed E-state index contributed by atoms with van der Waals surface area (Å²) in [6.45, 7) is 14.2. The first-order chi connectivity index (χ1) is 15.6. The van der Waals surface area contributed by atoms with Crippen LogP contribution in [0, 0.1) is 0 Å². The molecule has 0 radical (unpaired) electrons. The van der Waals surface area contributed by atoms with Crippen molar-refractivity contribution in [2.75, 3.05) is 0 Å². The first-order valence-electron chi connectivity index (χ1n) is 11.5. The third-order valence-electron chi connectivity index (χ3n) is 4.95. The van der Waals surface area contributed by atoms with Gasteiger partial charge in [0.15, 0.2) is 8.32 Å². The highest BCUT2D eigenvalue weighted by molar-refractivity contribution is 8.05. The molecule has 33 heavy (non-hydrogen) atoms. The first-order valence-corrected chi connectivity index (χ1v) is 20.1. The van der Waals surface area contributed by atoms with Gasteiger partial charge in [-0.2, -0.15) is 0 Å². The van der Waals surface area contributed by atoms with E-state index in [4.69, 9.17) is 4.43 Å². The highest BCUT2D eigenvalue weighted by Gasteiger charge is 2.31. The molecule has 0 spiro atoms. The minimum atomic E-state index is -1.79. The van der Waals surface area contributed by atoms with Gasteiger partial charge in [0, 0.05) is 9.79 Å². The van der Waals surface area contributed by atoms with Crippen LogP contribution in [0.5, 0.6) is 0 Å². The second-order valence-corrected chi connectivity index (χ2v) is 22.4. The summed E-state index contributed by atoms with van der Waals surface area (Å²) in [4.78, 5) is 2.58. The molecule has 0 N–H and O–H groups in total. The molecule has 0 bridgehead atoms. The predicted octanol–water partition coefficient (Wildman–Crippen LogP) is 9.29. The Morgan fingerprint density at radius 1 is 0.697 bits per heavy atom. The summed E-state index contributed by atoms with van der Waals surface area (Å²) >= 11 is 3.85. The van der Waals surface area contributed by atoms with E-state index in [2.05, 4.69) is 136 Å². The zero-order valence-corrected chi connectivity index (χ0v) is 24.3. The Hall–Kier alpha value is -1.51. The van der Waals surface area contributed by atoms with Crippen molar-refractivity contribution in [3.8, 4) is 0 Å². The second kappa shape index (κ2) is 11.8. The summed E-state index contributed by atoms with van der Waals surface area (Å²) in [5.74, 6) is 0. The molecule has 0 aliphatic rings. The van der Waals surface area contributed by atoms with E-state index in [9.17, 15) is 0 Å². The van der Waals surface area contributed by atoms with E-state index in [1.54, 1.807) is 0 Å². The van der Waals surface area contributed by atoms with Gasteiger partial charge in [-0.15, -0.1) is 11.8 Å². The topological polar surface area (TPSA) is 9.23 Å². The van der Waals surface area contributed by atoms with Crippen molar-refractivity contribution in [1.82, 2.24) is 0 Å². The van der Waals surface area contributed by atoms with Crippen LogP contribution >= 0.6 is 23.5 Å². The van der Waals surface area contributed by atoms with Crippen LogP contribution in [0.25, 0.3) is 0 Å². The fourth-order valence-corrected chi connectivity index (χ4v) is 8.93. The quantitative estimate of drug-likeness (QED) is 0.199. The van der Waals surface area contributed by atoms with E-state index in [1.165, 1.54) is 19.9 Å². The van der Waals surface area contributed by atoms with E-state index in [1.807, 2.05) is 23.5 Å². The maximum atomic E-state index is 6.90. The fourth-order valence-electron chi connectivity index (χ4n) is 3.39. The van der Waals surface area contributed by atoms with Gasteiger partial charge in [0.2, 0.25) is 0 Å². The predicted molar refractivity (Wildman–Crippen MR) is 153 cm³/mol. The van der Waals surface area contributed by atoms with E-state index < -0.39 is 16.4 Å². The Kier molecular flexibility index (Phi) is 9.30. The van der Waals surface area contributed by atoms with Crippen LogP contribution in [0.4, 0.5) is 0 Å². The van der Waals surface area contributed by atoms with Gasteiger partial charge < -0.3 is 4.43 Å². The molecule has 174 valence electrons. The van der Waals surface area contributed by atoms with Crippen molar-refractivity contribution in [2.45, 2.75) is 60.4 Å². The Bertz CT molecular complexity index is 1010. The molecule has 5 heteroatoms. The van der Waals surface area contributed by atoms with Crippen LogP contribution in [-0.4, -0.2) is 21.6 Å². The Morgan fingerprint density at radius 2 is 1.18 bits per heavy atom. The lowest BCUT2D eigenvalue weighted by Crippen LogP contribution is -2.33. The average molecular weight is 509 g/mol. The van der Waals surface area contributed by atoms with E-state index in [-0.39, 0.29) is 11.4 Å². The summed E-state index contributed by atoms with van der Waals surface area (Å²) < 4.78 is 8.40. The minimum absolute atomic E-state index is 0.00537. The lowest BCUT2D eigenvalue weighted by atomic mass is 10.1. The van der Waals surface area contributed by atoms with Crippen molar-refractivity contribution in [3.63, 3.8) is 0 Å². The van der Waals surface area contributed by atoms with Crippen LogP contribution in [0.1, 0.15) is 11.7 Å². The van der Waals surface area contributed by atoms with Gasteiger partial charge in [0.25, 0.3) is 0 Å². The summed E-state index contributed by atoms with van der Waals surface area (Å²) in [6, 6.07) is 32.3. The van der Waals surface area contributed by atoms with Crippen LogP contribution in [0.2, 0.25) is 39.3 Å². The standard InChI is InChI=1S/C28H36OS2Si2/c1-32(2,3)27(31-25-20-14-9-15-21-25)22-26(30-24-18-12-8-13-19-24)28(29-33(4,5)6)23-16-10-7-11-17-23/h7-22,26,28H,1-6H3/b27-22+. The molecular weight excluding hydrogens is 473 g/mol. The lowest BCUT2D eigenvalue weighted by molar-refractivity contribution is 0.206. The fraction of sp³-hybridized carbons (Fsp3) is 0.286. The third kappa shape index (κ3) is 8.65. The molecule has 0 aliphatic carbocycles. The molecule has 3 rings (SSSR count). The van der Waals surface area contributed by atoms with E-state index >= 15 is 0 Å². The molecule has 0 aromatic heterocycles. The van der Waals surface area contributed by atoms with Crippen molar-refractivity contribution in [3.05, 3.63) is 107 Å². The zero-order chi connectivity index (χ0) is 23.9. The number of hydrogen-bond acceptors (Lipinski definition) is 3. The molecular formula is C28H36OS2Si2. The van der Waals surface area contributed by atoms with Gasteiger partial charge in [-0.1, -0.05) is 104 Å². The van der Waals surface area contributed by atoms with Gasteiger partial charge in [-0.3, -0.25) is 0 Å². The molecule has 0 amide bonds. The van der Waals surface area contributed by atoms with Crippen molar-refractivity contribution >= 4 is 39.9 Å². The third-order valence-corrected chi connectivity index (χ3v) is 11.8. The number of benzene rings is 3. The number of hydrogen-bond donors (Lipinski definition) is 0. The number of rotatable bonds is 10. The molecule has 3 aromatic carbocycles. The second-order valence-electron chi connectivity index (χ2n) is 10.2. The van der Waals surface area contributed by atoms with Crippen LogP contribution in [0.3, 0.4) is 0 Å². The Balaban J connectivity index is 2.09. The van der Waals surface area contributed by atoms with Crippen LogP contribution < -0.4 is 0 Å². The molecule has 2 atom stereocenters. The molecule has 0 aliphatic heterocycles. The SMILES string of the molecule is C[Si](C)(C)OC(c1ccccc1)C(/C=C(\Sc1ccccc1)[Si](C)(C)C)Sc1ccccc1. The first kappa shape index (κ1) is 26.1. The van der Waals surface area contributed by atoms with E-state index in [0.717, 1.165) is 0 Å². The maximum absolute atomic E-state index is 6.90. The van der Waals surface area contributed by atoms with Gasteiger partial charge in [0.1, 0.15) is 0 Å². The van der Waals surface area contributed by atoms with Gasteiger partial charge in [-0.05, 0) is 54.0 Å². The normalized spacial score (nSPS) is 14.7. The largest absolute Gasteiger partial charge is 0.409 e. The molecule has 1 nitrogen and oxygen atoms in total. The smallest absolute Gasteiger partial charge is 0.184 e. The summed E-state index contributed by atoms with van der Waals surface area (Å²) in [5.41, 5.74) is 1.25. The van der Waals surface area contributed by atoms with Crippen LogP contribution in [-0.2, 0) is 4.43 Å². The molecule has 2 unspecified atom stereocenters. The highest BCUT2D eigenvalue weighted by Crippen LogP contribution is 2.41. The number of thioether (sulfide) groups is 2. The lowest BCUT2D eigenvalue weighted by Gasteiger charge is -2.33. The highest BCUT2D eigenvalue weighted by atomic mass is 32.2. The molecule has 3 aromatic rings. The molecule has 0 heterocycles. The van der Waals surface area contributed by atoms with Crippen LogP contribution in [0.15, 0.2) is 111 Å². The molecule has 0 saturated heterocycles. The van der Waals surface area contributed by atoms with Crippen molar-refractivity contribution in [1.29, 1.82) is 0 Å². The zero-order valence-electron chi connectivity index (χ0n) is 20.6. The van der Waals surface area contributed by atoms with Gasteiger partial charge in [-0.25, -0.2) is 0 Å². The Morgan fingerprint density at radius 3 is 1.67 bits per heavy atom. The van der Waals surface area contributed by atoms with Crippen molar-refractivity contribution < 1.29 is 4.43 Å². The van der Waals surface area contributed by atoms with Crippen molar-refractivity contribution in [2.24, 2.45) is 0 Å². The van der Waals surface area contributed by atoms with E-state index in [0.29, 0.717) is 0 Å². The summed E-state index contributed by atoms with van der Waals surface area (Å²) in [6.07, 6.45) is 2.53. The van der Waals surface area contributed by atoms with Gasteiger partial charge in [0.05, 0.1) is 19.4 Å². The van der Waals surface area contributed by atoms with Gasteiger partial charge >= 0.3 is 0 Å². The Labute approximate surface area is 211 Å².